The molecule has 0 spiro atoms. The number of carbonyl (C=O) groups excluding carboxylic acids is 1. The molecule has 1 heterocycles. The lowest BCUT2D eigenvalue weighted by molar-refractivity contribution is -0.0465. The van der Waals surface area contributed by atoms with Crippen LogP contribution in [0.25, 0.3) is 0 Å². The summed E-state index contributed by atoms with van der Waals surface area (Å²) in [5, 5.41) is 0. The maximum absolute atomic E-state index is 12.9. The lowest BCUT2D eigenvalue weighted by Gasteiger charge is -2.44. The summed E-state index contributed by atoms with van der Waals surface area (Å²) in [6.45, 7) is 7.46. The van der Waals surface area contributed by atoms with Gasteiger partial charge in [0.1, 0.15) is 0 Å². The minimum absolute atomic E-state index is 0.134. The van der Waals surface area contributed by atoms with Crippen LogP contribution in [0.5, 0.6) is 0 Å². The zero-order valence-corrected chi connectivity index (χ0v) is 15.1. The first kappa shape index (κ1) is 17.9. The number of hydrogen-bond donors (Lipinski definition) is 0. The van der Waals surface area contributed by atoms with Crippen molar-refractivity contribution in [1.82, 2.24) is 4.90 Å². The molecule has 1 atom stereocenters. The molecule has 1 aromatic carbocycles. The van der Waals surface area contributed by atoms with Crippen LogP contribution in [0.15, 0.2) is 23.1 Å². The lowest BCUT2D eigenvalue weighted by atomic mass is 9.95. The van der Waals surface area contributed by atoms with Crippen LogP contribution in [0, 0.1) is 0 Å². The molecular weight excluding hydrogens is 314 g/mol. The normalized spacial score (nSPS) is 22.2. The molecule has 1 saturated heterocycles. The number of hydrogen-bond acceptors (Lipinski definition) is 4. The molecule has 128 valence electrons. The van der Waals surface area contributed by atoms with Gasteiger partial charge in [0, 0.05) is 18.4 Å². The standard InChI is InChI=1S/C17H25NO4S/c1-5-13-7-8-14(11-15(13)23(4,20)21)16(19)18-9-10-22-12-17(18,3)6-2/h7-8,11H,5-6,9-10,12H2,1-4H3/t17-/m0/s1. The van der Waals surface area contributed by atoms with Gasteiger partial charge in [0.2, 0.25) is 0 Å². The zero-order valence-electron chi connectivity index (χ0n) is 14.3. The molecule has 1 aromatic rings. The third-order valence-electron chi connectivity index (χ3n) is 4.63. The molecule has 0 N–H and O–H groups in total. The molecule has 0 radical (unpaired) electrons. The van der Waals surface area contributed by atoms with Gasteiger partial charge in [0.15, 0.2) is 9.84 Å². The Morgan fingerprint density at radius 1 is 1.35 bits per heavy atom. The van der Waals surface area contributed by atoms with E-state index >= 15 is 0 Å². The van der Waals surface area contributed by atoms with Crippen molar-refractivity contribution in [2.45, 2.75) is 44.0 Å². The van der Waals surface area contributed by atoms with E-state index in [1.54, 1.807) is 12.1 Å². The van der Waals surface area contributed by atoms with E-state index in [2.05, 4.69) is 0 Å². The lowest BCUT2D eigenvalue weighted by Crippen LogP contribution is -2.57. The van der Waals surface area contributed by atoms with Crippen LogP contribution in [0.2, 0.25) is 0 Å². The number of ether oxygens (including phenoxy) is 1. The van der Waals surface area contributed by atoms with Gasteiger partial charge in [-0.05, 0) is 37.5 Å². The van der Waals surface area contributed by atoms with E-state index in [9.17, 15) is 13.2 Å². The molecule has 0 aromatic heterocycles. The van der Waals surface area contributed by atoms with Gasteiger partial charge in [-0.2, -0.15) is 0 Å². The van der Waals surface area contributed by atoms with Crippen molar-refractivity contribution in [3.05, 3.63) is 29.3 Å². The average Bonchev–Trinajstić information content (AvgIpc) is 2.53. The Balaban J connectivity index is 2.43. The van der Waals surface area contributed by atoms with E-state index in [0.29, 0.717) is 31.7 Å². The van der Waals surface area contributed by atoms with E-state index in [1.165, 1.54) is 12.3 Å². The second-order valence-electron chi connectivity index (χ2n) is 6.31. The summed E-state index contributed by atoms with van der Waals surface area (Å²) in [7, 11) is -3.36. The number of amides is 1. The third kappa shape index (κ3) is 3.58. The minimum atomic E-state index is -3.36. The van der Waals surface area contributed by atoms with Crippen molar-refractivity contribution in [3.8, 4) is 0 Å². The van der Waals surface area contributed by atoms with E-state index in [0.717, 1.165) is 12.0 Å². The highest BCUT2D eigenvalue weighted by molar-refractivity contribution is 7.90. The Hall–Kier alpha value is -1.40. The minimum Gasteiger partial charge on any atom is -0.377 e. The van der Waals surface area contributed by atoms with Gasteiger partial charge in [0.05, 0.1) is 23.6 Å². The smallest absolute Gasteiger partial charge is 0.254 e. The predicted octanol–water partition coefficient (Wildman–Crippen LogP) is 2.29. The van der Waals surface area contributed by atoms with Crippen molar-refractivity contribution >= 4 is 15.7 Å². The molecule has 6 heteroatoms. The summed E-state index contributed by atoms with van der Waals surface area (Å²) in [5.41, 5.74) is 0.804. The van der Waals surface area contributed by atoms with Crippen molar-refractivity contribution in [3.63, 3.8) is 0 Å². The quantitative estimate of drug-likeness (QED) is 0.844. The molecule has 0 aliphatic carbocycles. The summed E-state index contributed by atoms with van der Waals surface area (Å²) in [4.78, 5) is 15.0. The van der Waals surface area contributed by atoms with Crippen molar-refractivity contribution in [2.75, 3.05) is 26.0 Å². The predicted molar refractivity (Wildman–Crippen MR) is 89.5 cm³/mol. The highest BCUT2D eigenvalue weighted by Crippen LogP contribution is 2.27. The van der Waals surface area contributed by atoms with Gasteiger partial charge in [-0.3, -0.25) is 4.79 Å². The average molecular weight is 339 g/mol. The number of nitrogens with zero attached hydrogens (tertiary/aromatic N) is 1. The van der Waals surface area contributed by atoms with Gasteiger partial charge >= 0.3 is 0 Å². The molecule has 23 heavy (non-hydrogen) atoms. The Morgan fingerprint density at radius 2 is 2.04 bits per heavy atom. The second-order valence-corrected chi connectivity index (χ2v) is 8.29. The molecule has 1 amide bonds. The fraction of sp³-hybridized carbons (Fsp3) is 0.588. The monoisotopic (exact) mass is 339 g/mol. The summed E-state index contributed by atoms with van der Waals surface area (Å²) >= 11 is 0. The van der Waals surface area contributed by atoms with Crippen molar-refractivity contribution in [1.29, 1.82) is 0 Å². The highest BCUT2D eigenvalue weighted by Gasteiger charge is 2.37. The maximum atomic E-state index is 12.9. The Kier molecular flexibility index (Phi) is 5.16. The van der Waals surface area contributed by atoms with Gasteiger partial charge in [-0.15, -0.1) is 0 Å². The largest absolute Gasteiger partial charge is 0.377 e. The summed E-state index contributed by atoms with van der Waals surface area (Å²) < 4.78 is 29.5. The van der Waals surface area contributed by atoms with Gasteiger partial charge in [0.25, 0.3) is 5.91 Å². The van der Waals surface area contributed by atoms with Crippen LogP contribution in [-0.2, 0) is 21.0 Å². The first-order valence-electron chi connectivity index (χ1n) is 7.95. The van der Waals surface area contributed by atoms with Crippen LogP contribution in [0.4, 0.5) is 0 Å². The number of aryl methyl sites for hydroxylation is 1. The summed E-state index contributed by atoms with van der Waals surface area (Å²) in [6, 6.07) is 4.98. The van der Waals surface area contributed by atoms with Crippen LogP contribution in [0.1, 0.15) is 43.1 Å². The van der Waals surface area contributed by atoms with Gasteiger partial charge in [-0.1, -0.05) is 19.9 Å². The molecule has 1 fully saturated rings. The number of rotatable bonds is 4. The topological polar surface area (TPSA) is 63.7 Å². The highest BCUT2D eigenvalue weighted by atomic mass is 32.2. The van der Waals surface area contributed by atoms with Gasteiger partial charge in [-0.25, -0.2) is 8.42 Å². The molecule has 1 aliphatic heterocycles. The molecule has 0 unspecified atom stereocenters. The Bertz CT molecular complexity index is 699. The Labute approximate surface area is 138 Å². The van der Waals surface area contributed by atoms with Gasteiger partial charge < -0.3 is 9.64 Å². The van der Waals surface area contributed by atoms with Crippen LogP contribution in [0.3, 0.4) is 0 Å². The zero-order chi connectivity index (χ0) is 17.3. The number of morpholine rings is 1. The van der Waals surface area contributed by atoms with Crippen LogP contribution < -0.4 is 0 Å². The Morgan fingerprint density at radius 3 is 2.61 bits per heavy atom. The first-order chi connectivity index (χ1) is 10.7. The first-order valence-corrected chi connectivity index (χ1v) is 9.84. The van der Waals surface area contributed by atoms with Crippen molar-refractivity contribution < 1.29 is 17.9 Å². The molecule has 2 rings (SSSR count). The van der Waals surface area contributed by atoms with Crippen molar-refractivity contribution in [2.24, 2.45) is 0 Å². The van der Waals surface area contributed by atoms with E-state index in [-0.39, 0.29) is 16.3 Å². The summed E-state index contributed by atoms with van der Waals surface area (Å²) in [6.07, 6.45) is 2.58. The number of carbonyl (C=O) groups is 1. The third-order valence-corrected chi connectivity index (χ3v) is 5.80. The molecular formula is C17H25NO4S. The fourth-order valence-corrected chi connectivity index (χ4v) is 3.95. The fourth-order valence-electron chi connectivity index (χ4n) is 2.92. The number of sulfone groups is 1. The molecule has 0 saturated carbocycles. The second kappa shape index (κ2) is 6.61. The maximum Gasteiger partial charge on any atom is 0.254 e. The van der Waals surface area contributed by atoms with E-state index < -0.39 is 9.84 Å². The molecule has 1 aliphatic rings. The summed E-state index contributed by atoms with van der Waals surface area (Å²) in [5.74, 6) is -0.134. The SMILES string of the molecule is CCc1ccc(C(=O)N2CCOC[C@]2(C)CC)cc1S(C)(=O)=O. The van der Waals surface area contributed by atoms with Crippen LogP contribution in [-0.4, -0.2) is 50.8 Å². The molecule has 0 bridgehead atoms. The number of benzene rings is 1. The van der Waals surface area contributed by atoms with E-state index in [4.69, 9.17) is 4.74 Å². The van der Waals surface area contributed by atoms with E-state index in [1.807, 2.05) is 25.7 Å². The molecule has 5 nitrogen and oxygen atoms in total. The van der Waals surface area contributed by atoms with Crippen LogP contribution >= 0.6 is 0 Å².